The van der Waals surface area contributed by atoms with Gasteiger partial charge in [-0.1, -0.05) is 6.92 Å². The third-order valence-corrected chi connectivity index (χ3v) is 4.05. The molecule has 0 saturated carbocycles. The van der Waals surface area contributed by atoms with Crippen LogP contribution in [-0.2, 0) is 7.05 Å². The monoisotopic (exact) mass is 265 g/mol. The van der Waals surface area contributed by atoms with Crippen molar-refractivity contribution in [2.75, 3.05) is 32.4 Å². The number of nitrogens with one attached hydrogen (secondary N) is 1. The molecule has 2 heterocycles. The van der Waals surface area contributed by atoms with E-state index in [1.807, 2.05) is 0 Å². The lowest BCUT2D eigenvalue weighted by Gasteiger charge is -2.37. The zero-order valence-electron chi connectivity index (χ0n) is 11.9. The summed E-state index contributed by atoms with van der Waals surface area (Å²) in [4.78, 5) is 14.5. The van der Waals surface area contributed by atoms with Crippen molar-refractivity contribution in [3.8, 4) is 0 Å². The zero-order chi connectivity index (χ0) is 14.0. The number of nitrogens with zero attached hydrogens (tertiary/aromatic N) is 3. The van der Waals surface area contributed by atoms with Gasteiger partial charge in [-0.15, -0.1) is 0 Å². The van der Waals surface area contributed by atoms with E-state index in [2.05, 4.69) is 29.3 Å². The number of hydrogen-bond acceptors (Lipinski definition) is 4. The zero-order valence-corrected chi connectivity index (χ0v) is 11.9. The SMILES string of the molecule is CN1CCC(C)(CNC(=O)c2c(N)cnn2C)CC1. The molecule has 0 aromatic carbocycles. The minimum Gasteiger partial charge on any atom is -0.396 e. The van der Waals surface area contributed by atoms with Crippen LogP contribution in [0.3, 0.4) is 0 Å². The topological polar surface area (TPSA) is 76.2 Å². The molecule has 1 aliphatic heterocycles. The number of hydrogen-bond donors (Lipinski definition) is 2. The van der Waals surface area contributed by atoms with E-state index in [-0.39, 0.29) is 11.3 Å². The average molecular weight is 265 g/mol. The summed E-state index contributed by atoms with van der Waals surface area (Å²) in [5, 5.41) is 6.98. The summed E-state index contributed by atoms with van der Waals surface area (Å²) < 4.78 is 1.52. The maximum atomic E-state index is 12.1. The van der Waals surface area contributed by atoms with E-state index in [0.717, 1.165) is 25.9 Å². The van der Waals surface area contributed by atoms with Crippen molar-refractivity contribution < 1.29 is 4.79 Å². The Hall–Kier alpha value is -1.56. The van der Waals surface area contributed by atoms with Crippen LogP contribution < -0.4 is 11.1 Å². The molecule has 0 radical (unpaired) electrons. The van der Waals surface area contributed by atoms with Crippen molar-refractivity contribution in [3.63, 3.8) is 0 Å². The average Bonchev–Trinajstić information content (AvgIpc) is 2.71. The first-order chi connectivity index (χ1) is 8.91. The van der Waals surface area contributed by atoms with Crippen LogP contribution in [-0.4, -0.2) is 47.3 Å². The molecule has 0 aliphatic carbocycles. The Morgan fingerprint density at radius 2 is 2.11 bits per heavy atom. The van der Waals surface area contributed by atoms with Crippen LogP contribution in [0.5, 0.6) is 0 Å². The van der Waals surface area contributed by atoms with E-state index in [4.69, 9.17) is 5.73 Å². The number of carbonyl (C=O) groups excluding carboxylic acids is 1. The second kappa shape index (κ2) is 5.21. The molecule has 0 spiro atoms. The van der Waals surface area contributed by atoms with Crippen LogP contribution in [0.15, 0.2) is 6.20 Å². The Morgan fingerprint density at radius 3 is 2.63 bits per heavy atom. The lowest BCUT2D eigenvalue weighted by atomic mass is 9.80. The summed E-state index contributed by atoms with van der Waals surface area (Å²) in [6.07, 6.45) is 3.71. The molecule has 6 nitrogen and oxygen atoms in total. The summed E-state index contributed by atoms with van der Waals surface area (Å²) >= 11 is 0. The number of nitrogen functional groups attached to an aromatic ring is 1. The van der Waals surface area contributed by atoms with E-state index in [1.54, 1.807) is 7.05 Å². The van der Waals surface area contributed by atoms with Crippen LogP contribution in [0.25, 0.3) is 0 Å². The van der Waals surface area contributed by atoms with Gasteiger partial charge in [0.2, 0.25) is 0 Å². The first-order valence-corrected chi connectivity index (χ1v) is 6.65. The van der Waals surface area contributed by atoms with E-state index in [0.29, 0.717) is 17.9 Å². The van der Waals surface area contributed by atoms with Gasteiger partial charge in [-0.2, -0.15) is 5.10 Å². The molecule has 1 amide bonds. The normalized spacial score (nSPS) is 19.3. The summed E-state index contributed by atoms with van der Waals surface area (Å²) in [7, 11) is 3.86. The first-order valence-electron chi connectivity index (χ1n) is 6.65. The summed E-state index contributed by atoms with van der Waals surface area (Å²) in [6.45, 7) is 5.08. The second-order valence-corrected chi connectivity index (χ2v) is 5.87. The molecule has 0 unspecified atom stereocenters. The lowest BCUT2D eigenvalue weighted by molar-refractivity contribution is 0.0883. The van der Waals surface area contributed by atoms with Gasteiger partial charge in [0.25, 0.3) is 5.91 Å². The van der Waals surface area contributed by atoms with Gasteiger partial charge < -0.3 is 16.0 Å². The number of nitrogens with two attached hydrogens (primary N) is 1. The number of aryl methyl sites for hydroxylation is 1. The number of rotatable bonds is 3. The van der Waals surface area contributed by atoms with Crippen LogP contribution in [0.4, 0.5) is 5.69 Å². The number of amides is 1. The second-order valence-electron chi connectivity index (χ2n) is 5.87. The molecule has 19 heavy (non-hydrogen) atoms. The molecule has 1 saturated heterocycles. The van der Waals surface area contributed by atoms with Gasteiger partial charge in [0.05, 0.1) is 11.9 Å². The fraction of sp³-hybridized carbons (Fsp3) is 0.692. The molecule has 3 N–H and O–H groups in total. The molecule has 6 heteroatoms. The highest BCUT2D eigenvalue weighted by atomic mass is 16.2. The van der Waals surface area contributed by atoms with Crippen LogP contribution >= 0.6 is 0 Å². The smallest absolute Gasteiger partial charge is 0.271 e. The number of likely N-dealkylation sites (tertiary alicyclic amines) is 1. The molecule has 106 valence electrons. The molecular weight excluding hydrogens is 242 g/mol. The van der Waals surface area contributed by atoms with E-state index in [9.17, 15) is 4.79 Å². The Balaban J connectivity index is 1.94. The predicted molar refractivity (Wildman–Crippen MR) is 74.8 cm³/mol. The van der Waals surface area contributed by atoms with Gasteiger partial charge >= 0.3 is 0 Å². The van der Waals surface area contributed by atoms with Crippen molar-refractivity contribution in [2.45, 2.75) is 19.8 Å². The Kier molecular flexibility index (Phi) is 3.80. The van der Waals surface area contributed by atoms with Gasteiger partial charge in [0, 0.05) is 13.6 Å². The predicted octanol–water partition coefficient (Wildman–Crippen LogP) is 0.464. The minimum absolute atomic E-state index is 0.141. The fourth-order valence-corrected chi connectivity index (χ4v) is 2.45. The molecule has 0 bridgehead atoms. The Bertz CT molecular complexity index is 440. The van der Waals surface area contributed by atoms with E-state index >= 15 is 0 Å². The molecule has 2 rings (SSSR count). The third kappa shape index (κ3) is 3.07. The fourth-order valence-electron chi connectivity index (χ4n) is 2.45. The van der Waals surface area contributed by atoms with Crippen molar-refractivity contribution >= 4 is 11.6 Å². The van der Waals surface area contributed by atoms with Gasteiger partial charge in [0.15, 0.2) is 0 Å². The molecule has 1 aromatic heterocycles. The van der Waals surface area contributed by atoms with E-state index in [1.165, 1.54) is 10.9 Å². The largest absolute Gasteiger partial charge is 0.396 e. The van der Waals surface area contributed by atoms with Gasteiger partial charge in [-0.25, -0.2) is 0 Å². The highest BCUT2D eigenvalue weighted by Gasteiger charge is 2.29. The third-order valence-electron chi connectivity index (χ3n) is 4.05. The number of carbonyl (C=O) groups is 1. The quantitative estimate of drug-likeness (QED) is 0.832. The van der Waals surface area contributed by atoms with Gasteiger partial charge in [-0.3, -0.25) is 9.48 Å². The molecule has 0 atom stereocenters. The first kappa shape index (κ1) is 13.9. The summed E-state index contributed by atoms with van der Waals surface area (Å²) in [5.74, 6) is -0.141. The highest BCUT2D eigenvalue weighted by Crippen LogP contribution is 2.29. The van der Waals surface area contributed by atoms with Crippen molar-refractivity contribution in [1.82, 2.24) is 20.0 Å². The van der Waals surface area contributed by atoms with Crippen molar-refractivity contribution in [3.05, 3.63) is 11.9 Å². The number of aromatic nitrogens is 2. The lowest BCUT2D eigenvalue weighted by Crippen LogP contribution is -2.43. The summed E-state index contributed by atoms with van der Waals surface area (Å²) in [5.41, 5.74) is 6.79. The Morgan fingerprint density at radius 1 is 1.47 bits per heavy atom. The van der Waals surface area contributed by atoms with Crippen LogP contribution in [0.2, 0.25) is 0 Å². The molecular formula is C13H23N5O. The molecule has 1 fully saturated rings. The minimum atomic E-state index is -0.141. The van der Waals surface area contributed by atoms with E-state index < -0.39 is 0 Å². The van der Waals surface area contributed by atoms with Crippen molar-refractivity contribution in [1.29, 1.82) is 0 Å². The molecule has 1 aromatic rings. The molecule has 1 aliphatic rings. The summed E-state index contributed by atoms with van der Waals surface area (Å²) in [6, 6.07) is 0. The standard InChI is InChI=1S/C13H23N5O/c1-13(4-6-17(2)7-5-13)9-15-12(19)11-10(14)8-16-18(11)3/h8H,4-7,9,14H2,1-3H3,(H,15,19). The number of piperidine rings is 1. The van der Waals surface area contributed by atoms with Crippen LogP contribution in [0, 0.1) is 5.41 Å². The van der Waals surface area contributed by atoms with Gasteiger partial charge in [-0.05, 0) is 38.4 Å². The van der Waals surface area contributed by atoms with Gasteiger partial charge in [0.1, 0.15) is 5.69 Å². The van der Waals surface area contributed by atoms with Crippen LogP contribution in [0.1, 0.15) is 30.3 Å². The van der Waals surface area contributed by atoms with Crippen molar-refractivity contribution in [2.24, 2.45) is 12.5 Å². The Labute approximate surface area is 113 Å². The maximum absolute atomic E-state index is 12.1. The number of anilines is 1. The highest BCUT2D eigenvalue weighted by molar-refractivity contribution is 5.97. The maximum Gasteiger partial charge on any atom is 0.271 e.